The predicted octanol–water partition coefficient (Wildman–Crippen LogP) is 10.4. The second kappa shape index (κ2) is 23.8. The SMILES string of the molecule is O=C(CCCC=CC[C@@H]1[C@@H](C=CC(CCc2cc(Br)sc2Br)OC2CCCCO2)[C@H](OC2CCCCO2)C[C@@H]1OC1CCCCO1)COC1CCCCO1. The van der Waals surface area contributed by atoms with E-state index in [1.54, 1.807) is 11.3 Å². The molecule has 0 amide bonds. The van der Waals surface area contributed by atoms with E-state index in [2.05, 4.69) is 62.2 Å². The van der Waals surface area contributed by atoms with Crippen molar-refractivity contribution in [1.29, 1.82) is 0 Å². The molecule has 9 atom stereocenters. The van der Waals surface area contributed by atoms with Crippen LogP contribution in [0.2, 0.25) is 0 Å². The molecular formula is C42H62Br2O9S. The van der Waals surface area contributed by atoms with Crippen LogP contribution in [0, 0.1) is 11.8 Å². The molecule has 12 heteroatoms. The van der Waals surface area contributed by atoms with E-state index >= 15 is 0 Å². The van der Waals surface area contributed by atoms with Gasteiger partial charge in [0.15, 0.2) is 30.9 Å². The highest BCUT2D eigenvalue weighted by Gasteiger charge is 2.45. The topological polar surface area (TPSA) is 90.9 Å². The average Bonchev–Trinajstić information content (AvgIpc) is 3.70. The van der Waals surface area contributed by atoms with Gasteiger partial charge in [0.25, 0.3) is 0 Å². The normalized spacial score (nSPS) is 31.7. The van der Waals surface area contributed by atoms with Crippen LogP contribution in [-0.4, -0.2) is 82.3 Å². The van der Waals surface area contributed by atoms with Crippen molar-refractivity contribution in [2.75, 3.05) is 33.0 Å². The number of hydrogen-bond acceptors (Lipinski definition) is 10. The van der Waals surface area contributed by atoms with Gasteiger partial charge in [-0.25, -0.2) is 0 Å². The molecule has 1 saturated carbocycles. The molecule has 0 N–H and O–H groups in total. The minimum atomic E-state index is -0.226. The van der Waals surface area contributed by atoms with E-state index in [0.29, 0.717) is 6.42 Å². The second-order valence-electron chi connectivity index (χ2n) is 15.4. The van der Waals surface area contributed by atoms with E-state index in [9.17, 15) is 4.79 Å². The highest BCUT2D eigenvalue weighted by Crippen LogP contribution is 2.42. The minimum Gasteiger partial charge on any atom is -0.353 e. The molecule has 5 heterocycles. The molecule has 4 saturated heterocycles. The number of allylic oxidation sites excluding steroid dienone is 2. The van der Waals surface area contributed by atoms with Crippen molar-refractivity contribution in [3.63, 3.8) is 0 Å². The molecule has 304 valence electrons. The molecule has 4 aliphatic heterocycles. The highest BCUT2D eigenvalue weighted by atomic mass is 79.9. The summed E-state index contributed by atoms with van der Waals surface area (Å²) in [5.41, 5.74) is 1.28. The lowest BCUT2D eigenvalue weighted by atomic mass is 9.89. The van der Waals surface area contributed by atoms with Gasteiger partial charge in [0.05, 0.1) is 25.9 Å². The van der Waals surface area contributed by atoms with Crippen LogP contribution in [0.5, 0.6) is 0 Å². The zero-order valence-corrected chi connectivity index (χ0v) is 35.9. The Morgan fingerprint density at radius 2 is 1.44 bits per heavy atom. The molecule has 1 aliphatic carbocycles. The molecule has 5 unspecified atom stereocenters. The third-order valence-corrected chi connectivity index (χ3v) is 13.7. The van der Waals surface area contributed by atoms with E-state index < -0.39 is 0 Å². The van der Waals surface area contributed by atoms with Crippen LogP contribution in [0.1, 0.15) is 121 Å². The zero-order valence-electron chi connectivity index (χ0n) is 31.9. The molecule has 54 heavy (non-hydrogen) atoms. The largest absolute Gasteiger partial charge is 0.353 e. The number of rotatable bonds is 20. The number of unbranched alkanes of at least 4 members (excludes halogenated alkanes) is 1. The third kappa shape index (κ3) is 14.4. The Morgan fingerprint density at radius 3 is 2.06 bits per heavy atom. The Kier molecular flexibility index (Phi) is 19.0. The average molecular weight is 903 g/mol. The van der Waals surface area contributed by atoms with Gasteiger partial charge in [-0.05, 0) is 159 Å². The van der Waals surface area contributed by atoms with Gasteiger partial charge in [-0.2, -0.15) is 0 Å². The van der Waals surface area contributed by atoms with Gasteiger partial charge < -0.3 is 37.9 Å². The monoisotopic (exact) mass is 900 g/mol. The van der Waals surface area contributed by atoms with Crippen molar-refractivity contribution in [2.24, 2.45) is 11.8 Å². The summed E-state index contributed by atoms with van der Waals surface area (Å²) in [5, 5.41) is 0. The summed E-state index contributed by atoms with van der Waals surface area (Å²) in [4.78, 5) is 12.5. The lowest BCUT2D eigenvalue weighted by Crippen LogP contribution is -2.31. The molecule has 9 nitrogen and oxygen atoms in total. The van der Waals surface area contributed by atoms with Gasteiger partial charge in [0.2, 0.25) is 0 Å². The van der Waals surface area contributed by atoms with E-state index in [-0.39, 0.29) is 67.7 Å². The molecule has 0 aromatic carbocycles. The summed E-state index contributed by atoms with van der Waals surface area (Å²) in [6.45, 7) is 3.10. The van der Waals surface area contributed by atoms with Gasteiger partial charge in [-0.3, -0.25) is 4.79 Å². The Bertz CT molecular complexity index is 1280. The van der Waals surface area contributed by atoms with Crippen molar-refractivity contribution in [3.8, 4) is 0 Å². The minimum absolute atomic E-state index is 0.0121. The maximum atomic E-state index is 12.5. The summed E-state index contributed by atoms with van der Waals surface area (Å²) in [6.07, 6.45) is 26.2. The Labute approximate surface area is 343 Å². The van der Waals surface area contributed by atoms with Crippen molar-refractivity contribution in [1.82, 2.24) is 0 Å². The van der Waals surface area contributed by atoms with Crippen LogP contribution in [0.25, 0.3) is 0 Å². The van der Waals surface area contributed by atoms with Crippen LogP contribution in [0.3, 0.4) is 0 Å². The van der Waals surface area contributed by atoms with Crippen LogP contribution < -0.4 is 0 Å². The maximum Gasteiger partial charge on any atom is 0.158 e. The van der Waals surface area contributed by atoms with Crippen LogP contribution in [0.4, 0.5) is 0 Å². The lowest BCUT2D eigenvalue weighted by Gasteiger charge is -2.30. The maximum absolute atomic E-state index is 12.5. The Hall–Kier alpha value is -0.510. The summed E-state index contributed by atoms with van der Waals surface area (Å²) >= 11 is 9.11. The molecular weight excluding hydrogens is 840 g/mol. The number of carbonyl (C=O) groups is 1. The van der Waals surface area contributed by atoms with Crippen LogP contribution >= 0.6 is 43.2 Å². The standard InChI is InChI=1S/C42H62Br2O9S/c43-37-27-30(42(44)54-37)19-20-32(51-39-16-6-10-24-47-39)21-22-34-33(14-4-2-1-3-13-31(45)29-50-38-15-5-9-23-46-38)35(52-40-17-7-11-25-48-40)28-36(34)53-41-18-8-12-26-49-41/h2,4,21-22,27,32-36,38-41H,1,3,5-20,23-26,28-29H2/t32?,33-,34-,35+,36-,38?,39?,40?,41?/m1/s1. The molecule has 6 rings (SSSR count). The van der Waals surface area contributed by atoms with Crippen LogP contribution in [-0.2, 0) is 49.1 Å². The number of Topliss-reactive ketones (excluding diaryl/α,β-unsaturated/α-hetero) is 1. The van der Waals surface area contributed by atoms with Crippen molar-refractivity contribution in [2.45, 2.75) is 165 Å². The number of carbonyl (C=O) groups excluding carboxylic acids is 1. The molecule has 0 radical (unpaired) electrons. The van der Waals surface area contributed by atoms with Crippen LogP contribution in [0.15, 0.2) is 37.9 Å². The van der Waals surface area contributed by atoms with Gasteiger partial charge in [0, 0.05) is 45.2 Å². The van der Waals surface area contributed by atoms with E-state index in [0.717, 1.165) is 150 Å². The molecule has 0 bridgehead atoms. The number of thiophene rings is 1. The van der Waals surface area contributed by atoms with Crippen molar-refractivity contribution < 1.29 is 42.7 Å². The summed E-state index contributed by atoms with van der Waals surface area (Å²) in [5.74, 6) is 0.435. The molecule has 0 spiro atoms. The lowest BCUT2D eigenvalue weighted by molar-refractivity contribution is -0.203. The fourth-order valence-electron chi connectivity index (χ4n) is 8.20. The van der Waals surface area contributed by atoms with E-state index in [1.807, 2.05) is 0 Å². The number of hydrogen-bond donors (Lipinski definition) is 0. The smallest absolute Gasteiger partial charge is 0.158 e. The van der Waals surface area contributed by atoms with Gasteiger partial charge in [-0.1, -0.05) is 24.3 Å². The first-order chi connectivity index (χ1) is 26.5. The molecule has 5 fully saturated rings. The first-order valence-corrected chi connectivity index (χ1v) is 23.2. The third-order valence-electron chi connectivity index (χ3n) is 11.2. The number of halogens is 2. The van der Waals surface area contributed by atoms with Crippen molar-refractivity contribution in [3.05, 3.63) is 43.5 Å². The summed E-state index contributed by atoms with van der Waals surface area (Å²) in [6, 6.07) is 2.20. The van der Waals surface area contributed by atoms with Crippen molar-refractivity contribution >= 4 is 49.0 Å². The highest BCUT2D eigenvalue weighted by molar-refractivity contribution is 9.12. The van der Waals surface area contributed by atoms with E-state index in [1.165, 1.54) is 5.56 Å². The van der Waals surface area contributed by atoms with Gasteiger partial charge >= 0.3 is 0 Å². The predicted molar refractivity (Wildman–Crippen MR) is 216 cm³/mol. The van der Waals surface area contributed by atoms with E-state index in [4.69, 9.17) is 37.9 Å². The first kappa shape index (κ1) is 43.1. The van der Waals surface area contributed by atoms with Gasteiger partial charge in [0.1, 0.15) is 6.61 Å². The Morgan fingerprint density at radius 1 is 0.815 bits per heavy atom. The number of ketones is 1. The number of aryl methyl sites for hydroxylation is 1. The quantitative estimate of drug-likeness (QED) is 0.0937. The zero-order chi connectivity index (χ0) is 37.4. The Balaban J connectivity index is 1.13. The second-order valence-corrected chi connectivity index (χ2v) is 19.2. The summed E-state index contributed by atoms with van der Waals surface area (Å²) < 4.78 is 52.2. The van der Waals surface area contributed by atoms with Gasteiger partial charge in [-0.15, -0.1) is 11.3 Å². The molecule has 1 aromatic heterocycles. The fraction of sp³-hybridized carbons (Fsp3) is 0.786. The molecule has 1 aromatic rings. The first-order valence-electron chi connectivity index (χ1n) is 20.8. The fourth-order valence-corrected chi connectivity index (χ4v) is 11.1. The summed E-state index contributed by atoms with van der Waals surface area (Å²) in [7, 11) is 0. The number of ether oxygens (including phenoxy) is 8. The molecule has 5 aliphatic rings.